The second kappa shape index (κ2) is 4.24. The Kier molecular flexibility index (Phi) is 2.92. The summed E-state index contributed by atoms with van der Waals surface area (Å²) < 4.78 is 5.03. The third-order valence-corrected chi connectivity index (χ3v) is 2.76. The van der Waals surface area contributed by atoms with Crippen molar-refractivity contribution < 1.29 is 19.1 Å². The molecule has 1 aromatic heterocycles. The monoisotopic (exact) mass is 237 g/mol. The number of carboxylic acid groups (broad SMARTS) is 1. The topological polar surface area (TPSA) is 70.8 Å². The van der Waals surface area contributed by atoms with Crippen LogP contribution in [0.15, 0.2) is 16.5 Å². The average Bonchev–Trinajstić information content (AvgIpc) is 2.94. The summed E-state index contributed by atoms with van der Waals surface area (Å²) in [4.78, 5) is 24.6. The first-order valence-corrected chi connectivity index (χ1v) is 5.66. The first kappa shape index (κ1) is 11.7. The van der Waals surface area contributed by atoms with Crippen molar-refractivity contribution in [2.45, 2.75) is 38.8 Å². The first-order chi connectivity index (χ1) is 8.00. The van der Waals surface area contributed by atoms with Gasteiger partial charge in [0.1, 0.15) is 0 Å². The maximum absolute atomic E-state index is 12.1. The van der Waals surface area contributed by atoms with Gasteiger partial charge in [-0.3, -0.25) is 4.79 Å². The van der Waals surface area contributed by atoms with E-state index in [0.29, 0.717) is 0 Å². The maximum atomic E-state index is 12.1. The average molecular weight is 237 g/mol. The van der Waals surface area contributed by atoms with Crippen LogP contribution in [-0.4, -0.2) is 34.0 Å². The van der Waals surface area contributed by atoms with Gasteiger partial charge in [0.2, 0.25) is 5.76 Å². The second-order valence-corrected chi connectivity index (χ2v) is 4.51. The van der Waals surface area contributed by atoms with Crippen molar-refractivity contribution in [3.8, 4) is 0 Å². The van der Waals surface area contributed by atoms with Crippen LogP contribution in [0.5, 0.6) is 0 Å². The smallest absolute Gasteiger partial charge is 0.371 e. The van der Waals surface area contributed by atoms with Crippen molar-refractivity contribution in [3.05, 3.63) is 23.7 Å². The highest BCUT2D eigenvalue weighted by atomic mass is 16.4. The molecule has 0 spiro atoms. The van der Waals surface area contributed by atoms with Gasteiger partial charge >= 0.3 is 5.97 Å². The molecule has 1 aromatic rings. The Morgan fingerprint density at radius 3 is 2.35 bits per heavy atom. The van der Waals surface area contributed by atoms with Crippen molar-refractivity contribution in [1.29, 1.82) is 0 Å². The lowest BCUT2D eigenvalue weighted by atomic mass is 10.2. The Morgan fingerprint density at radius 1 is 1.35 bits per heavy atom. The number of carbonyl (C=O) groups is 2. The first-order valence-electron chi connectivity index (χ1n) is 5.66. The highest BCUT2D eigenvalue weighted by Crippen LogP contribution is 2.30. The van der Waals surface area contributed by atoms with Crippen molar-refractivity contribution in [2.75, 3.05) is 0 Å². The number of nitrogens with zero attached hydrogens (tertiary/aromatic N) is 1. The van der Waals surface area contributed by atoms with Gasteiger partial charge in [-0.1, -0.05) is 0 Å². The van der Waals surface area contributed by atoms with E-state index in [1.54, 1.807) is 4.90 Å². The molecular weight excluding hydrogens is 222 g/mol. The number of hydrogen-bond donors (Lipinski definition) is 1. The molecule has 5 nitrogen and oxygen atoms in total. The summed E-state index contributed by atoms with van der Waals surface area (Å²) in [5, 5.41) is 8.73. The molecule has 1 aliphatic carbocycles. The zero-order valence-corrected chi connectivity index (χ0v) is 9.84. The molecule has 1 heterocycles. The van der Waals surface area contributed by atoms with Crippen LogP contribution >= 0.6 is 0 Å². The van der Waals surface area contributed by atoms with Gasteiger partial charge in [0.25, 0.3) is 5.91 Å². The Hall–Kier alpha value is -1.78. The normalized spacial score (nSPS) is 15.0. The molecule has 1 aliphatic rings. The van der Waals surface area contributed by atoms with E-state index in [9.17, 15) is 9.59 Å². The summed E-state index contributed by atoms with van der Waals surface area (Å²) in [5.74, 6) is -1.49. The summed E-state index contributed by atoms with van der Waals surface area (Å²) in [5.41, 5.74) is 0. The van der Waals surface area contributed by atoms with Gasteiger partial charge in [0.05, 0.1) is 0 Å². The summed E-state index contributed by atoms with van der Waals surface area (Å²) in [6.45, 7) is 3.88. The van der Waals surface area contributed by atoms with E-state index in [4.69, 9.17) is 9.52 Å². The number of aromatic carboxylic acids is 1. The Balaban J connectivity index is 2.19. The SMILES string of the molecule is CC(C)N(C(=O)c1ccc(C(=O)O)o1)C1CC1. The van der Waals surface area contributed by atoms with Gasteiger partial charge < -0.3 is 14.4 Å². The summed E-state index contributed by atoms with van der Waals surface area (Å²) in [7, 11) is 0. The summed E-state index contributed by atoms with van der Waals surface area (Å²) in [6, 6.07) is 3.10. The molecular formula is C12H15NO4. The largest absolute Gasteiger partial charge is 0.475 e. The predicted octanol–water partition coefficient (Wildman–Crippen LogP) is 1.99. The lowest BCUT2D eigenvalue weighted by Gasteiger charge is -2.25. The molecule has 1 saturated carbocycles. The van der Waals surface area contributed by atoms with Crippen molar-refractivity contribution in [3.63, 3.8) is 0 Å². The minimum absolute atomic E-state index is 0.0911. The van der Waals surface area contributed by atoms with Crippen LogP contribution in [0.1, 0.15) is 47.8 Å². The van der Waals surface area contributed by atoms with Crippen molar-refractivity contribution in [2.24, 2.45) is 0 Å². The fraction of sp³-hybridized carbons (Fsp3) is 0.500. The predicted molar refractivity (Wildman–Crippen MR) is 60.0 cm³/mol. The zero-order chi connectivity index (χ0) is 12.6. The van der Waals surface area contributed by atoms with Gasteiger partial charge in [0, 0.05) is 12.1 Å². The molecule has 0 radical (unpaired) electrons. The lowest BCUT2D eigenvalue weighted by Crippen LogP contribution is -2.38. The van der Waals surface area contributed by atoms with Crippen LogP contribution in [0.25, 0.3) is 0 Å². The number of amides is 1. The number of furan rings is 1. The van der Waals surface area contributed by atoms with E-state index in [2.05, 4.69) is 0 Å². The molecule has 17 heavy (non-hydrogen) atoms. The second-order valence-electron chi connectivity index (χ2n) is 4.51. The van der Waals surface area contributed by atoms with E-state index >= 15 is 0 Å². The van der Waals surface area contributed by atoms with E-state index < -0.39 is 5.97 Å². The Labute approximate surface area is 99.0 Å². The van der Waals surface area contributed by atoms with E-state index in [0.717, 1.165) is 12.8 Å². The third kappa shape index (κ3) is 2.33. The quantitative estimate of drug-likeness (QED) is 0.869. The van der Waals surface area contributed by atoms with Crippen LogP contribution < -0.4 is 0 Å². The number of carbonyl (C=O) groups excluding carboxylic acids is 1. The van der Waals surface area contributed by atoms with Gasteiger partial charge in [-0.2, -0.15) is 0 Å². The minimum atomic E-state index is -1.16. The Morgan fingerprint density at radius 2 is 1.94 bits per heavy atom. The van der Waals surface area contributed by atoms with Crippen LogP contribution in [-0.2, 0) is 0 Å². The maximum Gasteiger partial charge on any atom is 0.371 e. The van der Waals surface area contributed by atoms with Crippen molar-refractivity contribution >= 4 is 11.9 Å². The molecule has 1 amide bonds. The molecule has 0 bridgehead atoms. The highest BCUT2D eigenvalue weighted by molar-refractivity contribution is 5.94. The van der Waals surface area contributed by atoms with Gasteiger partial charge in [0.15, 0.2) is 5.76 Å². The fourth-order valence-corrected chi connectivity index (χ4v) is 1.87. The molecule has 1 fully saturated rings. The van der Waals surface area contributed by atoms with Gasteiger partial charge in [-0.15, -0.1) is 0 Å². The summed E-state index contributed by atoms with van der Waals surface area (Å²) >= 11 is 0. The van der Waals surface area contributed by atoms with Crippen LogP contribution in [0, 0.1) is 0 Å². The molecule has 1 N–H and O–H groups in total. The fourth-order valence-electron chi connectivity index (χ4n) is 1.87. The van der Waals surface area contributed by atoms with Crippen molar-refractivity contribution in [1.82, 2.24) is 4.90 Å². The highest BCUT2D eigenvalue weighted by Gasteiger charge is 2.36. The van der Waals surface area contributed by atoms with Gasteiger partial charge in [-0.25, -0.2) is 4.79 Å². The lowest BCUT2D eigenvalue weighted by molar-refractivity contribution is 0.0629. The molecule has 0 unspecified atom stereocenters. The molecule has 0 aliphatic heterocycles. The number of carboxylic acids is 1. The van der Waals surface area contributed by atoms with E-state index in [1.165, 1.54) is 12.1 Å². The zero-order valence-electron chi connectivity index (χ0n) is 9.84. The summed E-state index contributed by atoms with van der Waals surface area (Å²) in [6.07, 6.45) is 2.02. The molecule has 2 rings (SSSR count). The number of hydrogen-bond acceptors (Lipinski definition) is 3. The molecule has 5 heteroatoms. The standard InChI is InChI=1S/C12H15NO4/c1-7(2)13(8-3-4-8)11(14)9-5-6-10(17-9)12(15)16/h5-8H,3-4H2,1-2H3,(H,15,16). The Bertz CT molecular complexity index is 443. The molecule has 0 aromatic carbocycles. The molecule has 0 saturated heterocycles. The van der Waals surface area contributed by atoms with Crippen LogP contribution in [0.2, 0.25) is 0 Å². The van der Waals surface area contributed by atoms with E-state index in [1.807, 2.05) is 13.8 Å². The third-order valence-electron chi connectivity index (χ3n) is 2.76. The van der Waals surface area contributed by atoms with E-state index in [-0.39, 0.29) is 29.5 Å². The molecule has 0 atom stereocenters. The van der Waals surface area contributed by atoms with Crippen LogP contribution in [0.4, 0.5) is 0 Å². The minimum Gasteiger partial charge on any atom is -0.475 e. The number of rotatable bonds is 4. The van der Waals surface area contributed by atoms with Crippen LogP contribution in [0.3, 0.4) is 0 Å². The van der Waals surface area contributed by atoms with Gasteiger partial charge in [-0.05, 0) is 38.8 Å². The molecule has 92 valence electrons.